The van der Waals surface area contributed by atoms with Gasteiger partial charge >= 0.3 is 0 Å². The summed E-state index contributed by atoms with van der Waals surface area (Å²) in [6, 6.07) is 0.667. The van der Waals surface area contributed by atoms with Crippen molar-refractivity contribution in [3.63, 3.8) is 0 Å². The maximum Gasteiger partial charge on any atom is 0.0900 e. The maximum atomic E-state index is 10.3. The monoisotopic (exact) mass is 361 g/mol. The van der Waals surface area contributed by atoms with Gasteiger partial charge in [-0.05, 0) is 56.9 Å². The molecule has 2 saturated carbocycles. The van der Waals surface area contributed by atoms with Crippen LogP contribution in [0.4, 0.5) is 0 Å². The summed E-state index contributed by atoms with van der Waals surface area (Å²) >= 11 is 0. The van der Waals surface area contributed by atoms with E-state index in [2.05, 4.69) is 32.7 Å². The molecule has 0 heterocycles. The lowest BCUT2D eigenvalue weighted by atomic mass is 9.72. The SMILES string of the molecule is CN(CC(O)COC1CCC(C(C)(C)C)CC1)C1CCCCC1.Cl. The van der Waals surface area contributed by atoms with Gasteiger partial charge in [-0.15, -0.1) is 12.4 Å². The molecule has 0 aromatic carbocycles. The third-order valence-electron chi connectivity index (χ3n) is 6.12. The maximum absolute atomic E-state index is 10.3. The predicted octanol–water partition coefficient (Wildman–Crippen LogP) is 4.66. The van der Waals surface area contributed by atoms with Crippen LogP contribution >= 0.6 is 12.4 Å². The van der Waals surface area contributed by atoms with Crippen LogP contribution in [0.5, 0.6) is 0 Å². The minimum atomic E-state index is -0.345. The molecule has 24 heavy (non-hydrogen) atoms. The molecule has 0 amide bonds. The average molecular weight is 362 g/mol. The molecule has 1 N–H and O–H groups in total. The first-order valence-corrected chi connectivity index (χ1v) is 9.86. The second-order valence-corrected chi connectivity index (χ2v) is 9.06. The Morgan fingerprint density at radius 3 is 2.12 bits per heavy atom. The summed E-state index contributed by atoms with van der Waals surface area (Å²) < 4.78 is 6.02. The van der Waals surface area contributed by atoms with Crippen molar-refractivity contribution in [1.82, 2.24) is 4.90 Å². The van der Waals surface area contributed by atoms with Crippen molar-refractivity contribution in [2.24, 2.45) is 11.3 Å². The highest BCUT2D eigenvalue weighted by Gasteiger charge is 2.30. The summed E-state index contributed by atoms with van der Waals surface area (Å²) in [4.78, 5) is 2.35. The summed E-state index contributed by atoms with van der Waals surface area (Å²) in [5, 5.41) is 10.3. The van der Waals surface area contributed by atoms with Crippen LogP contribution in [0.3, 0.4) is 0 Å². The van der Waals surface area contributed by atoms with Crippen molar-refractivity contribution >= 4 is 12.4 Å². The summed E-state index contributed by atoms with van der Waals surface area (Å²) in [5.74, 6) is 0.824. The van der Waals surface area contributed by atoms with Gasteiger partial charge in [0, 0.05) is 12.6 Å². The molecule has 2 fully saturated rings. The van der Waals surface area contributed by atoms with Gasteiger partial charge in [0.15, 0.2) is 0 Å². The molecule has 0 aromatic heterocycles. The highest BCUT2D eigenvalue weighted by Crippen LogP contribution is 2.38. The number of rotatable bonds is 6. The third kappa shape index (κ3) is 7.19. The number of aliphatic hydroxyl groups is 1. The first-order valence-electron chi connectivity index (χ1n) is 9.86. The zero-order chi connectivity index (χ0) is 16.9. The Morgan fingerprint density at radius 1 is 1.00 bits per heavy atom. The number of ether oxygens (including phenoxy) is 1. The molecular weight excluding hydrogens is 322 g/mol. The van der Waals surface area contributed by atoms with E-state index in [1.54, 1.807) is 0 Å². The molecule has 2 rings (SSSR count). The van der Waals surface area contributed by atoms with Gasteiger partial charge in [0.05, 0.1) is 18.8 Å². The lowest BCUT2D eigenvalue weighted by Gasteiger charge is -2.37. The summed E-state index contributed by atoms with van der Waals surface area (Å²) in [6.45, 7) is 8.31. The van der Waals surface area contributed by atoms with Gasteiger partial charge in [-0.2, -0.15) is 0 Å². The van der Waals surface area contributed by atoms with Crippen molar-refractivity contribution in [3.8, 4) is 0 Å². The molecule has 0 aromatic rings. The number of likely N-dealkylation sites (N-methyl/N-ethyl adjacent to an activating group) is 1. The van der Waals surface area contributed by atoms with Crippen LogP contribution in [0.2, 0.25) is 0 Å². The Kier molecular flexibility index (Phi) is 9.58. The number of halogens is 1. The van der Waals surface area contributed by atoms with E-state index in [9.17, 15) is 5.11 Å². The standard InChI is InChI=1S/C20H39NO2.ClH/c1-20(2,3)16-10-12-19(13-11-16)23-15-18(22)14-21(4)17-8-6-5-7-9-17;/h16-19,22H,5-15H2,1-4H3;1H. The van der Waals surface area contributed by atoms with E-state index in [-0.39, 0.29) is 18.5 Å². The fourth-order valence-electron chi connectivity index (χ4n) is 4.40. The highest BCUT2D eigenvalue weighted by molar-refractivity contribution is 5.85. The van der Waals surface area contributed by atoms with Gasteiger partial charge in [0.2, 0.25) is 0 Å². The van der Waals surface area contributed by atoms with Crippen molar-refractivity contribution in [3.05, 3.63) is 0 Å². The van der Waals surface area contributed by atoms with Crippen molar-refractivity contribution in [2.45, 2.75) is 96.8 Å². The van der Waals surface area contributed by atoms with Crippen LogP contribution in [0.25, 0.3) is 0 Å². The van der Waals surface area contributed by atoms with E-state index < -0.39 is 0 Å². The first-order chi connectivity index (χ1) is 10.9. The lowest BCUT2D eigenvalue weighted by molar-refractivity contribution is -0.0461. The summed E-state index contributed by atoms with van der Waals surface area (Å²) in [6.07, 6.45) is 11.5. The van der Waals surface area contributed by atoms with E-state index in [0.717, 1.165) is 25.3 Å². The smallest absolute Gasteiger partial charge is 0.0900 e. The molecule has 2 aliphatic carbocycles. The van der Waals surface area contributed by atoms with Gasteiger partial charge < -0.3 is 14.7 Å². The molecule has 0 saturated heterocycles. The zero-order valence-corrected chi connectivity index (χ0v) is 17.1. The van der Waals surface area contributed by atoms with Crippen molar-refractivity contribution in [2.75, 3.05) is 20.2 Å². The summed E-state index contributed by atoms with van der Waals surface area (Å²) in [7, 11) is 2.16. The number of nitrogens with zero attached hydrogens (tertiary/aromatic N) is 1. The molecule has 3 nitrogen and oxygen atoms in total. The van der Waals surface area contributed by atoms with E-state index in [1.165, 1.54) is 44.9 Å². The van der Waals surface area contributed by atoms with Gasteiger partial charge in [0.1, 0.15) is 0 Å². The molecule has 1 atom stereocenters. The normalized spacial score (nSPS) is 27.8. The van der Waals surface area contributed by atoms with Gasteiger partial charge in [-0.3, -0.25) is 0 Å². The molecule has 1 unspecified atom stereocenters. The minimum absolute atomic E-state index is 0. The van der Waals surface area contributed by atoms with Crippen LogP contribution in [-0.4, -0.2) is 48.5 Å². The predicted molar refractivity (Wildman–Crippen MR) is 104 cm³/mol. The molecule has 0 radical (unpaired) electrons. The fourth-order valence-corrected chi connectivity index (χ4v) is 4.40. The fraction of sp³-hybridized carbons (Fsp3) is 1.00. The Morgan fingerprint density at radius 2 is 1.58 bits per heavy atom. The van der Waals surface area contributed by atoms with Gasteiger partial charge in [0.25, 0.3) is 0 Å². The van der Waals surface area contributed by atoms with Gasteiger partial charge in [-0.1, -0.05) is 40.0 Å². The van der Waals surface area contributed by atoms with Crippen LogP contribution in [-0.2, 0) is 4.74 Å². The molecule has 4 heteroatoms. The van der Waals surface area contributed by atoms with Gasteiger partial charge in [-0.25, -0.2) is 0 Å². The van der Waals surface area contributed by atoms with Crippen molar-refractivity contribution < 1.29 is 9.84 Å². The molecule has 0 bridgehead atoms. The van der Waals surface area contributed by atoms with Crippen LogP contribution in [0, 0.1) is 11.3 Å². The van der Waals surface area contributed by atoms with E-state index >= 15 is 0 Å². The average Bonchev–Trinajstić information content (AvgIpc) is 2.53. The number of hydrogen-bond donors (Lipinski definition) is 1. The first kappa shape index (κ1) is 22.2. The number of hydrogen-bond acceptors (Lipinski definition) is 3. The Labute approximate surface area is 155 Å². The minimum Gasteiger partial charge on any atom is -0.389 e. The Bertz CT molecular complexity index is 331. The zero-order valence-electron chi connectivity index (χ0n) is 16.3. The molecular formula is C20H40ClNO2. The van der Waals surface area contributed by atoms with E-state index in [4.69, 9.17) is 4.74 Å². The van der Waals surface area contributed by atoms with E-state index in [0.29, 0.717) is 24.2 Å². The second kappa shape index (κ2) is 10.4. The van der Waals surface area contributed by atoms with Crippen LogP contribution in [0.1, 0.15) is 78.6 Å². The highest BCUT2D eigenvalue weighted by atomic mass is 35.5. The molecule has 0 spiro atoms. The Balaban J connectivity index is 0.00000288. The lowest BCUT2D eigenvalue weighted by Crippen LogP contribution is -2.40. The molecule has 144 valence electrons. The quantitative estimate of drug-likeness (QED) is 0.747. The Hall–Kier alpha value is 0.170. The largest absolute Gasteiger partial charge is 0.389 e. The summed E-state index contributed by atoms with van der Waals surface area (Å²) in [5.41, 5.74) is 0.424. The molecule has 2 aliphatic rings. The third-order valence-corrected chi connectivity index (χ3v) is 6.12. The number of aliphatic hydroxyl groups excluding tert-OH is 1. The topological polar surface area (TPSA) is 32.7 Å². The van der Waals surface area contributed by atoms with Crippen molar-refractivity contribution in [1.29, 1.82) is 0 Å². The van der Waals surface area contributed by atoms with Crippen LogP contribution in [0.15, 0.2) is 0 Å². The second-order valence-electron chi connectivity index (χ2n) is 9.06. The van der Waals surface area contributed by atoms with Crippen LogP contribution < -0.4 is 0 Å². The molecule has 0 aliphatic heterocycles. The van der Waals surface area contributed by atoms with E-state index in [1.807, 2.05) is 0 Å².